The van der Waals surface area contributed by atoms with Crippen LogP contribution in [0, 0.1) is 6.92 Å². The molecule has 5 atom stereocenters. The monoisotopic (exact) mass is 534 g/mol. The van der Waals surface area contributed by atoms with Crippen LogP contribution >= 0.6 is 0 Å². The number of hydrogen-bond donors (Lipinski definition) is 5. The van der Waals surface area contributed by atoms with Gasteiger partial charge in [0, 0.05) is 18.7 Å². The predicted octanol–water partition coefficient (Wildman–Crippen LogP) is 1.15. The van der Waals surface area contributed by atoms with Gasteiger partial charge in [-0.05, 0) is 25.8 Å². The van der Waals surface area contributed by atoms with Crippen LogP contribution < -0.4 is 10.6 Å². The smallest absolute Gasteiger partial charge is 0.252 e. The Balaban J connectivity index is 1.45. The lowest BCUT2D eigenvalue weighted by atomic mass is 10.0. The van der Waals surface area contributed by atoms with E-state index in [0.717, 1.165) is 23.1 Å². The van der Waals surface area contributed by atoms with Crippen molar-refractivity contribution in [3.63, 3.8) is 0 Å². The number of hydrogen-bond acceptors (Lipinski definition) is 10. The number of benzene rings is 1. The summed E-state index contributed by atoms with van der Waals surface area (Å²) in [5.41, 5.74) is 4.32. The van der Waals surface area contributed by atoms with Crippen molar-refractivity contribution in [3.05, 3.63) is 42.4 Å². The quantitative estimate of drug-likeness (QED) is 0.231. The molecule has 1 amide bonds. The number of rotatable bonds is 7. The summed E-state index contributed by atoms with van der Waals surface area (Å²) >= 11 is 0. The molecule has 0 radical (unpaired) electrons. The van der Waals surface area contributed by atoms with Gasteiger partial charge in [0.15, 0.2) is 35.1 Å². The van der Waals surface area contributed by atoms with E-state index >= 15 is 0 Å². The lowest BCUT2D eigenvalue weighted by Crippen LogP contribution is -2.42. The zero-order valence-electron chi connectivity index (χ0n) is 21.5. The first-order valence-corrected chi connectivity index (χ1v) is 12.9. The minimum absolute atomic E-state index is 0.0386. The molecule has 5 heterocycles. The van der Waals surface area contributed by atoms with Gasteiger partial charge in [0.1, 0.15) is 17.9 Å². The molecule has 0 aliphatic carbocycles. The zero-order chi connectivity index (χ0) is 27.1. The highest BCUT2D eigenvalue weighted by molar-refractivity contribution is 5.87. The number of carbonyl (C=O) groups excluding carboxylic acids is 1. The summed E-state index contributed by atoms with van der Waals surface area (Å²) in [4.78, 5) is 26.6. The Labute approximate surface area is 223 Å². The Morgan fingerprint density at radius 2 is 2.03 bits per heavy atom. The number of carbonyl (C=O) groups is 1. The number of aromatic nitrogens is 6. The molecular formula is C26H30N8O5. The van der Waals surface area contributed by atoms with Crippen molar-refractivity contribution >= 4 is 22.9 Å². The number of ether oxygens (including phenoxy) is 2. The van der Waals surface area contributed by atoms with Crippen molar-refractivity contribution in [1.82, 2.24) is 35.0 Å². The molecule has 2 fully saturated rings. The average Bonchev–Trinajstić information content (AvgIpc) is 3.73. The second kappa shape index (κ2) is 10.3. The fourth-order valence-electron chi connectivity index (χ4n) is 4.95. The number of aliphatic hydroxyl groups excluding tert-OH is 2. The molecule has 0 unspecified atom stereocenters. The van der Waals surface area contributed by atoms with Gasteiger partial charge in [0.2, 0.25) is 0 Å². The highest BCUT2D eigenvalue weighted by Crippen LogP contribution is 2.35. The number of aliphatic hydroxyl groups is 2. The van der Waals surface area contributed by atoms with E-state index in [0.29, 0.717) is 48.3 Å². The summed E-state index contributed by atoms with van der Waals surface area (Å²) in [5.74, 6) is 0.337. The van der Waals surface area contributed by atoms with E-state index in [1.807, 2.05) is 31.2 Å². The Bertz CT molecular complexity index is 1480. The molecule has 2 aliphatic rings. The van der Waals surface area contributed by atoms with Gasteiger partial charge in [-0.3, -0.25) is 14.5 Å². The number of nitrogens with one attached hydrogen (secondary N) is 3. The molecular weight excluding hydrogens is 504 g/mol. The second-order valence-electron chi connectivity index (χ2n) is 9.77. The summed E-state index contributed by atoms with van der Waals surface area (Å²) in [6, 6.07) is 8.10. The lowest BCUT2D eigenvalue weighted by molar-refractivity contribution is -0.137. The molecule has 3 aromatic heterocycles. The number of nitrogens with zero attached hydrogens (tertiary/aromatic N) is 5. The van der Waals surface area contributed by atoms with Crippen LogP contribution in [0.4, 0.5) is 5.82 Å². The zero-order valence-corrected chi connectivity index (χ0v) is 21.5. The van der Waals surface area contributed by atoms with Crippen LogP contribution in [-0.2, 0) is 14.3 Å². The molecule has 1 aromatic carbocycles. The van der Waals surface area contributed by atoms with Crippen molar-refractivity contribution in [2.24, 2.45) is 0 Å². The van der Waals surface area contributed by atoms with Crippen LogP contribution in [0.2, 0.25) is 0 Å². The normalized spacial score (nSPS) is 24.9. The first-order chi connectivity index (χ1) is 18.9. The molecule has 0 spiro atoms. The minimum Gasteiger partial charge on any atom is -0.387 e. The van der Waals surface area contributed by atoms with E-state index < -0.39 is 30.4 Å². The van der Waals surface area contributed by atoms with Crippen LogP contribution in [-0.4, -0.2) is 89.9 Å². The Morgan fingerprint density at radius 3 is 2.77 bits per heavy atom. The lowest BCUT2D eigenvalue weighted by Gasteiger charge is -2.17. The van der Waals surface area contributed by atoms with Gasteiger partial charge >= 0.3 is 0 Å². The summed E-state index contributed by atoms with van der Waals surface area (Å²) in [7, 11) is 0. The summed E-state index contributed by atoms with van der Waals surface area (Å²) in [6.45, 7) is 5.33. The number of fused-ring (bicyclic) bond motifs is 1. The predicted molar refractivity (Wildman–Crippen MR) is 141 cm³/mol. The van der Waals surface area contributed by atoms with Crippen LogP contribution in [0.25, 0.3) is 33.8 Å². The van der Waals surface area contributed by atoms with Crippen molar-refractivity contribution < 1.29 is 24.5 Å². The maximum atomic E-state index is 12.4. The number of amides is 1. The van der Waals surface area contributed by atoms with Gasteiger partial charge in [0.25, 0.3) is 5.91 Å². The molecule has 0 saturated carbocycles. The molecule has 39 heavy (non-hydrogen) atoms. The Kier molecular flexibility index (Phi) is 6.73. The van der Waals surface area contributed by atoms with Gasteiger partial charge in [-0.15, -0.1) is 0 Å². The van der Waals surface area contributed by atoms with E-state index in [-0.39, 0.29) is 6.04 Å². The maximum Gasteiger partial charge on any atom is 0.252 e. The summed E-state index contributed by atoms with van der Waals surface area (Å²) < 4.78 is 12.9. The molecule has 204 valence electrons. The van der Waals surface area contributed by atoms with Gasteiger partial charge in [0.05, 0.1) is 25.2 Å². The van der Waals surface area contributed by atoms with Crippen LogP contribution in [0.3, 0.4) is 0 Å². The Morgan fingerprint density at radius 1 is 1.21 bits per heavy atom. The molecule has 2 saturated heterocycles. The van der Waals surface area contributed by atoms with Gasteiger partial charge < -0.3 is 30.3 Å². The van der Waals surface area contributed by atoms with Crippen molar-refractivity contribution in [1.29, 1.82) is 0 Å². The van der Waals surface area contributed by atoms with Crippen LogP contribution in [0.15, 0.2) is 36.8 Å². The first kappa shape index (κ1) is 25.4. The maximum absolute atomic E-state index is 12.4. The molecule has 6 rings (SSSR count). The second-order valence-corrected chi connectivity index (χ2v) is 9.77. The molecule has 13 nitrogen and oxygen atoms in total. The molecule has 5 N–H and O–H groups in total. The third kappa shape index (κ3) is 4.63. The summed E-state index contributed by atoms with van der Waals surface area (Å²) in [6.07, 6.45) is -1.14. The number of imidazole rings is 1. The van der Waals surface area contributed by atoms with E-state index in [4.69, 9.17) is 19.4 Å². The summed E-state index contributed by atoms with van der Waals surface area (Å²) in [5, 5.41) is 34.8. The molecule has 13 heteroatoms. The molecule has 4 aromatic rings. The largest absolute Gasteiger partial charge is 0.387 e. The number of aryl methyl sites for hydroxylation is 1. The van der Waals surface area contributed by atoms with Gasteiger partial charge in [-0.2, -0.15) is 5.10 Å². The van der Waals surface area contributed by atoms with Crippen molar-refractivity contribution in [3.8, 4) is 22.6 Å². The van der Waals surface area contributed by atoms with Crippen LogP contribution in [0.1, 0.15) is 25.1 Å². The average molecular weight is 535 g/mol. The highest BCUT2D eigenvalue weighted by Gasteiger charge is 2.47. The highest BCUT2D eigenvalue weighted by atomic mass is 16.6. The van der Waals surface area contributed by atoms with Gasteiger partial charge in [-0.1, -0.05) is 29.8 Å². The fraction of sp³-hybridized carbons (Fsp3) is 0.423. The van der Waals surface area contributed by atoms with E-state index in [2.05, 4.69) is 25.8 Å². The standard InChI is InChI=1S/C26H30N8O5/c1-3-27-25(37)21-19(35)20(36)26(39-21)34-12-28-18-23(30-15-8-9-38-11-15)31-22(32-24(18)34)17-16(10-29-33-17)14-6-4-13(2)5-7-14/h4-7,10,12,15,19-21,26,35-36H,3,8-9,11H2,1-2H3,(H,27,37)(H,29,33)(H,30,31,32)/t15-,19-,20+,21+,26-/m1/s1. The molecule has 0 bridgehead atoms. The van der Waals surface area contributed by atoms with E-state index in [9.17, 15) is 15.0 Å². The van der Waals surface area contributed by atoms with Crippen molar-refractivity contribution in [2.45, 2.75) is 50.8 Å². The minimum atomic E-state index is -1.42. The Hall–Kier alpha value is -3.91. The third-order valence-corrected chi connectivity index (χ3v) is 7.04. The first-order valence-electron chi connectivity index (χ1n) is 12.9. The number of anilines is 1. The number of aromatic amines is 1. The van der Waals surface area contributed by atoms with Crippen LogP contribution in [0.5, 0.6) is 0 Å². The fourth-order valence-corrected chi connectivity index (χ4v) is 4.95. The topological polar surface area (TPSA) is 172 Å². The van der Waals surface area contributed by atoms with E-state index in [1.54, 1.807) is 13.1 Å². The van der Waals surface area contributed by atoms with E-state index in [1.165, 1.54) is 10.9 Å². The van der Waals surface area contributed by atoms with Crippen molar-refractivity contribution in [2.75, 3.05) is 25.1 Å². The SMILES string of the molecule is CCNC(=O)[C@H]1O[C@@H](n2cnc3c(N[C@@H]4CCOC4)nc(-c4[nH]ncc4-c4ccc(C)cc4)nc32)[C@@H](O)[C@H]1O. The number of likely N-dealkylation sites (N-methyl/N-ethyl adjacent to an activating group) is 1. The third-order valence-electron chi connectivity index (χ3n) is 7.04. The molecule has 2 aliphatic heterocycles. The number of H-pyrrole nitrogens is 1. The van der Waals surface area contributed by atoms with Gasteiger partial charge in [-0.25, -0.2) is 15.0 Å².